The Morgan fingerprint density at radius 1 is 1.73 bits per heavy atom. The lowest BCUT2D eigenvalue weighted by atomic mass is 9.99. The Hall–Kier alpha value is -0.220. The highest BCUT2D eigenvalue weighted by Gasteiger charge is 2.28. The fraction of sp³-hybridized carbons (Fsp3) is 0.857. The molecule has 1 saturated heterocycles. The minimum Gasteiger partial charge on any atom is -0.469 e. The fourth-order valence-corrected chi connectivity index (χ4v) is 2.30. The Kier molecular flexibility index (Phi) is 3.20. The molecule has 0 saturated carbocycles. The molecule has 11 heavy (non-hydrogen) atoms. The Morgan fingerprint density at radius 3 is 3.00 bits per heavy atom. The molecule has 2 unspecified atom stereocenters. The van der Waals surface area contributed by atoms with E-state index in [2.05, 4.69) is 4.74 Å². The predicted molar refractivity (Wildman–Crippen MR) is 45.4 cm³/mol. The topological polar surface area (TPSA) is 52.3 Å². The average molecular weight is 175 g/mol. The Morgan fingerprint density at radius 2 is 2.45 bits per heavy atom. The molecule has 0 radical (unpaired) electrons. The fourth-order valence-electron chi connectivity index (χ4n) is 1.20. The van der Waals surface area contributed by atoms with Gasteiger partial charge in [-0.05, 0) is 12.2 Å². The smallest absolute Gasteiger partial charge is 0.310 e. The average Bonchev–Trinajstić information content (AvgIpc) is 2.04. The van der Waals surface area contributed by atoms with Gasteiger partial charge in [0.1, 0.15) is 0 Å². The molecule has 1 heterocycles. The summed E-state index contributed by atoms with van der Waals surface area (Å²) >= 11 is 1.80. The van der Waals surface area contributed by atoms with Crippen molar-refractivity contribution in [3.05, 3.63) is 0 Å². The van der Waals surface area contributed by atoms with Crippen molar-refractivity contribution in [2.45, 2.75) is 12.5 Å². The molecule has 1 aliphatic rings. The van der Waals surface area contributed by atoms with Crippen LogP contribution in [-0.2, 0) is 9.53 Å². The van der Waals surface area contributed by atoms with Gasteiger partial charge in [0.25, 0.3) is 0 Å². The SMILES string of the molecule is COC(=O)C1CCSCC1N. The van der Waals surface area contributed by atoms with Crippen LogP contribution in [0.3, 0.4) is 0 Å². The molecule has 2 atom stereocenters. The number of hydrogen-bond donors (Lipinski definition) is 1. The van der Waals surface area contributed by atoms with Crippen molar-refractivity contribution in [3.8, 4) is 0 Å². The maximum absolute atomic E-state index is 11.1. The van der Waals surface area contributed by atoms with E-state index in [0.29, 0.717) is 0 Å². The van der Waals surface area contributed by atoms with Crippen LogP contribution in [-0.4, -0.2) is 30.6 Å². The lowest BCUT2D eigenvalue weighted by molar-refractivity contribution is -0.146. The van der Waals surface area contributed by atoms with Gasteiger partial charge in [0, 0.05) is 11.8 Å². The van der Waals surface area contributed by atoms with E-state index in [1.165, 1.54) is 7.11 Å². The number of hydrogen-bond acceptors (Lipinski definition) is 4. The second-order valence-electron chi connectivity index (χ2n) is 2.66. The first-order valence-electron chi connectivity index (χ1n) is 3.67. The second-order valence-corrected chi connectivity index (χ2v) is 3.81. The first-order chi connectivity index (χ1) is 5.25. The summed E-state index contributed by atoms with van der Waals surface area (Å²) in [5, 5.41) is 0. The van der Waals surface area contributed by atoms with Gasteiger partial charge < -0.3 is 10.5 Å². The number of carbonyl (C=O) groups is 1. The van der Waals surface area contributed by atoms with Crippen molar-refractivity contribution in [1.29, 1.82) is 0 Å². The summed E-state index contributed by atoms with van der Waals surface area (Å²) in [5.41, 5.74) is 5.73. The molecule has 0 aliphatic carbocycles. The van der Waals surface area contributed by atoms with Crippen LogP contribution >= 0.6 is 11.8 Å². The normalized spacial score (nSPS) is 31.5. The Bertz CT molecular complexity index is 151. The van der Waals surface area contributed by atoms with Crippen LogP contribution in [0, 0.1) is 5.92 Å². The summed E-state index contributed by atoms with van der Waals surface area (Å²) in [6.45, 7) is 0. The molecule has 1 fully saturated rings. The molecule has 64 valence electrons. The summed E-state index contributed by atoms with van der Waals surface area (Å²) in [6, 6.07) is -0.0128. The van der Waals surface area contributed by atoms with Gasteiger partial charge in [0.15, 0.2) is 0 Å². The van der Waals surface area contributed by atoms with Gasteiger partial charge in [-0.15, -0.1) is 0 Å². The van der Waals surface area contributed by atoms with Crippen LogP contribution in [0.5, 0.6) is 0 Å². The highest BCUT2D eigenvalue weighted by Crippen LogP contribution is 2.22. The molecular formula is C7H13NO2S. The maximum Gasteiger partial charge on any atom is 0.310 e. The van der Waals surface area contributed by atoms with Gasteiger partial charge in [-0.3, -0.25) is 4.79 Å². The highest BCUT2D eigenvalue weighted by atomic mass is 32.2. The Labute approximate surface area is 70.7 Å². The summed E-state index contributed by atoms with van der Waals surface area (Å²) in [6.07, 6.45) is 0.860. The van der Waals surface area contributed by atoms with Crippen molar-refractivity contribution in [3.63, 3.8) is 0 Å². The second kappa shape index (κ2) is 3.97. The third kappa shape index (κ3) is 2.10. The van der Waals surface area contributed by atoms with Crippen LogP contribution in [0.2, 0.25) is 0 Å². The molecule has 0 amide bonds. The number of methoxy groups -OCH3 is 1. The number of rotatable bonds is 1. The maximum atomic E-state index is 11.1. The molecule has 1 rings (SSSR count). The van der Waals surface area contributed by atoms with Crippen molar-refractivity contribution in [2.75, 3.05) is 18.6 Å². The number of nitrogens with two attached hydrogens (primary N) is 1. The zero-order valence-corrected chi connectivity index (χ0v) is 7.39. The molecule has 0 bridgehead atoms. The molecule has 2 N–H and O–H groups in total. The van der Waals surface area contributed by atoms with E-state index in [0.717, 1.165) is 17.9 Å². The van der Waals surface area contributed by atoms with Crippen molar-refractivity contribution < 1.29 is 9.53 Å². The summed E-state index contributed by atoms with van der Waals surface area (Å²) in [5.74, 6) is 1.67. The zero-order valence-electron chi connectivity index (χ0n) is 6.58. The summed E-state index contributed by atoms with van der Waals surface area (Å²) < 4.78 is 4.63. The predicted octanol–water partition coefficient (Wildman–Crippen LogP) is 0.240. The molecule has 0 aromatic heterocycles. The van der Waals surface area contributed by atoms with E-state index in [4.69, 9.17) is 5.73 Å². The summed E-state index contributed by atoms with van der Waals surface area (Å²) in [4.78, 5) is 11.1. The summed E-state index contributed by atoms with van der Waals surface area (Å²) in [7, 11) is 1.41. The lowest BCUT2D eigenvalue weighted by Crippen LogP contribution is -2.41. The van der Waals surface area contributed by atoms with Crippen LogP contribution < -0.4 is 5.73 Å². The van der Waals surface area contributed by atoms with Crippen molar-refractivity contribution >= 4 is 17.7 Å². The largest absolute Gasteiger partial charge is 0.469 e. The number of thioether (sulfide) groups is 1. The minimum absolute atomic E-state index is 0.0128. The van der Waals surface area contributed by atoms with Gasteiger partial charge in [-0.25, -0.2) is 0 Å². The van der Waals surface area contributed by atoms with Gasteiger partial charge in [0.2, 0.25) is 0 Å². The van der Waals surface area contributed by atoms with Gasteiger partial charge in [0.05, 0.1) is 13.0 Å². The zero-order chi connectivity index (χ0) is 8.27. The molecule has 0 spiro atoms. The molecule has 4 heteroatoms. The van der Waals surface area contributed by atoms with Gasteiger partial charge >= 0.3 is 5.97 Å². The lowest BCUT2D eigenvalue weighted by Gasteiger charge is -2.25. The minimum atomic E-state index is -0.155. The Balaban J connectivity index is 2.47. The molecule has 0 aromatic rings. The van der Waals surface area contributed by atoms with E-state index in [-0.39, 0.29) is 17.9 Å². The number of ether oxygens (including phenoxy) is 1. The first-order valence-corrected chi connectivity index (χ1v) is 4.82. The van der Waals surface area contributed by atoms with Crippen LogP contribution in [0.4, 0.5) is 0 Å². The van der Waals surface area contributed by atoms with E-state index < -0.39 is 0 Å². The van der Waals surface area contributed by atoms with Crippen LogP contribution in [0.1, 0.15) is 6.42 Å². The first kappa shape index (κ1) is 8.87. The molecule has 3 nitrogen and oxygen atoms in total. The van der Waals surface area contributed by atoms with Gasteiger partial charge in [-0.2, -0.15) is 11.8 Å². The number of carbonyl (C=O) groups excluding carboxylic acids is 1. The standard InChI is InChI=1S/C7H13NO2S/c1-10-7(9)5-2-3-11-4-6(5)8/h5-6H,2-4,8H2,1H3. The molecule has 1 aliphatic heterocycles. The van der Waals surface area contributed by atoms with E-state index in [1.54, 1.807) is 11.8 Å². The van der Waals surface area contributed by atoms with Crippen molar-refractivity contribution in [1.82, 2.24) is 0 Å². The molecule has 0 aromatic carbocycles. The van der Waals surface area contributed by atoms with E-state index >= 15 is 0 Å². The quantitative estimate of drug-likeness (QED) is 0.580. The van der Waals surface area contributed by atoms with E-state index in [1.807, 2.05) is 0 Å². The third-order valence-electron chi connectivity index (χ3n) is 1.90. The van der Waals surface area contributed by atoms with Gasteiger partial charge in [-0.1, -0.05) is 0 Å². The third-order valence-corrected chi connectivity index (χ3v) is 3.05. The highest BCUT2D eigenvalue weighted by molar-refractivity contribution is 7.99. The van der Waals surface area contributed by atoms with Crippen molar-refractivity contribution in [2.24, 2.45) is 11.7 Å². The van der Waals surface area contributed by atoms with E-state index in [9.17, 15) is 4.79 Å². The monoisotopic (exact) mass is 175 g/mol. The van der Waals surface area contributed by atoms with Crippen LogP contribution in [0.25, 0.3) is 0 Å². The van der Waals surface area contributed by atoms with Crippen LogP contribution in [0.15, 0.2) is 0 Å². The number of esters is 1. The molecular weight excluding hydrogens is 162 g/mol.